The number of hydrogen-bond acceptors (Lipinski definition) is 6. The van der Waals surface area contributed by atoms with E-state index in [4.69, 9.17) is 5.26 Å². The molecule has 120 valence electrons. The van der Waals surface area contributed by atoms with Crippen LogP contribution < -0.4 is 4.90 Å². The van der Waals surface area contributed by atoms with Crippen LogP contribution in [0.25, 0.3) is 0 Å². The van der Waals surface area contributed by atoms with Crippen molar-refractivity contribution in [2.75, 3.05) is 31.1 Å². The maximum atomic E-state index is 8.81. The molecule has 1 saturated heterocycles. The highest BCUT2D eigenvalue weighted by atomic mass is 15.4. The average Bonchev–Trinajstić information content (AvgIpc) is 3.04. The third-order valence-electron chi connectivity index (χ3n) is 4.10. The molecule has 1 aliphatic heterocycles. The van der Waals surface area contributed by atoms with Crippen LogP contribution in [0, 0.1) is 11.3 Å². The Morgan fingerprint density at radius 3 is 2.57 bits per heavy atom. The fourth-order valence-corrected chi connectivity index (χ4v) is 2.82. The van der Waals surface area contributed by atoms with Crippen LogP contribution in [0.4, 0.5) is 5.69 Å². The Morgan fingerprint density at radius 2 is 1.96 bits per heavy atom. The molecule has 0 bridgehead atoms. The quantitative estimate of drug-likeness (QED) is 0.851. The number of hydrogen-bond donors (Lipinski definition) is 0. The lowest BCUT2D eigenvalue weighted by atomic mass is 10.2. The molecule has 3 heterocycles. The molecule has 2 aromatic rings. The van der Waals surface area contributed by atoms with Gasteiger partial charge >= 0.3 is 0 Å². The molecule has 7 nitrogen and oxygen atoms in total. The first-order valence-electron chi connectivity index (χ1n) is 7.89. The van der Waals surface area contributed by atoms with Gasteiger partial charge in [0.1, 0.15) is 23.9 Å². The van der Waals surface area contributed by atoms with Gasteiger partial charge < -0.3 is 4.90 Å². The molecule has 0 unspecified atom stereocenters. The van der Waals surface area contributed by atoms with E-state index in [0.717, 1.165) is 44.2 Å². The Balaban J connectivity index is 1.58. The summed E-state index contributed by atoms with van der Waals surface area (Å²) in [5.41, 5.74) is 1.54. The number of rotatable bonds is 4. The normalized spacial score (nSPS) is 15.8. The monoisotopic (exact) mass is 311 g/mol. The van der Waals surface area contributed by atoms with E-state index in [1.807, 2.05) is 10.7 Å². The number of anilines is 1. The minimum absolute atomic E-state index is 0.332. The van der Waals surface area contributed by atoms with Gasteiger partial charge in [-0.3, -0.25) is 4.90 Å². The van der Waals surface area contributed by atoms with Crippen LogP contribution in [-0.4, -0.2) is 50.8 Å². The van der Waals surface area contributed by atoms with Crippen molar-refractivity contribution < 1.29 is 0 Å². The van der Waals surface area contributed by atoms with Gasteiger partial charge in [0.2, 0.25) is 0 Å². The van der Waals surface area contributed by atoms with Crippen molar-refractivity contribution in [2.24, 2.45) is 0 Å². The average molecular weight is 311 g/mol. The van der Waals surface area contributed by atoms with Gasteiger partial charge in [-0.25, -0.2) is 14.6 Å². The Morgan fingerprint density at radius 1 is 1.17 bits per heavy atom. The summed E-state index contributed by atoms with van der Waals surface area (Å²) < 4.78 is 1.98. The van der Waals surface area contributed by atoms with Crippen LogP contribution in [0.15, 0.2) is 24.7 Å². The van der Waals surface area contributed by atoms with Gasteiger partial charge in [-0.2, -0.15) is 10.4 Å². The van der Waals surface area contributed by atoms with Crippen LogP contribution in [0.5, 0.6) is 0 Å². The topological polar surface area (TPSA) is 73.9 Å². The summed E-state index contributed by atoms with van der Waals surface area (Å²) in [6.45, 7) is 8.92. The lowest BCUT2D eigenvalue weighted by Crippen LogP contribution is -2.46. The van der Waals surface area contributed by atoms with Crippen LogP contribution in [0.3, 0.4) is 0 Å². The predicted molar refractivity (Wildman–Crippen MR) is 86.8 cm³/mol. The number of nitrogens with zero attached hydrogens (tertiary/aromatic N) is 7. The summed E-state index contributed by atoms with van der Waals surface area (Å²) in [4.78, 5) is 13.2. The van der Waals surface area contributed by atoms with Crippen LogP contribution in [0.1, 0.15) is 31.4 Å². The van der Waals surface area contributed by atoms with E-state index in [9.17, 15) is 0 Å². The summed E-state index contributed by atoms with van der Waals surface area (Å²) in [5, 5.41) is 13.1. The minimum atomic E-state index is 0.332. The summed E-state index contributed by atoms with van der Waals surface area (Å²) >= 11 is 0. The Hall–Kier alpha value is -2.46. The van der Waals surface area contributed by atoms with E-state index in [1.165, 1.54) is 0 Å². The summed E-state index contributed by atoms with van der Waals surface area (Å²) in [7, 11) is 0. The van der Waals surface area contributed by atoms with E-state index in [2.05, 4.69) is 44.8 Å². The van der Waals surface area contributed by atoms with Gasteiger partial charge in [0.15, 0.2) is 0 Å². The zero-order valence-corrected chi connectivity index (χ0v) is 13.6. The zero-order chi connectivity index (χ0) is 16.2. The first-order valence-corrected chi connectivity index (χ1v) is 7.89. The number of piperazine rings is 1. The molecular formula is C16H21N7. The molecule has 1 fully saturated rings. The molecule has 0 aromatic carbocycles. The van der Waals surface area contributed by atoms with Crippen molar-refractivity contribution in [3.63, 3.8) is 0 Å². The van der Waals surface area contributed by atoms with Gasteiger partial charge in [0, 0.05) is 32.2 Å². The van der Waals surface area contributed by atoms with Gasteiger partial charge in [0.05, 0.1) is 18.4 Å². The Kier molecular flexibility index (Phi) is 4.53. The maximum absolute atomic E-state index is 8.81. The Bertz CT molecular complexity index is 675. The predicted octanol–water partition coefficient (Wildman–Crippen LogP) is 1.45. The van der Waals surface area contributed by atoms with E-state index in [0.29, 0.717) is 11.7 Å². The zero-order valence-electron chi connectivity index (χ0n) is 13.6. The molecule has 7 heteroatoms. The molecule has 0 amide bonds. The first-order chi connectivity index (χ1) is 11.2. The summed E-state index contributed by atoms with van der Waals surface area (Å²) in [5.74, 6) is 1.02. The molecule has 2 aromatic heterocycles. The van der Waals surface area contributed by atoms with E-state index < -0.39 is 0 Å². The molecular weight excluding hydrogens is 290 g/mol. The van der Waals surface area contributed by atoms with Crippen LogP contribution in [-0.2, 0) is 6.54 Å². The third-order valence-corrected chi connectivity index (χ3v) is 4.10. The summed E-state index contributed by atoms with van der Waals surface area (Å²) in [6.07, 6.45) is 3.41. The smallest absolute Gasteiger partial charge is 0.141 e. The maximum Gasteiger partial charge on any atom is 0.141 e. The van der Waals surface area contributed by atoms with Crippen molar-refractivity contribution in [3.05, 3.63) is 36.2 Å². The number of pyridine rings is 1. The van der Waals surface area contributed by atoms with Gasteiger partial charge in [-0.1, -0.05) is 0 Å². The molecule has 1 aliphatic rings. The van der Waals surface area contributed by atoms with Gasteiger partial charge in [0.25, 0.3) is 0 Å². The second-order valence-electron chi connectivity index (χ2n) is 5.99. The highest BCUT2D eigenvalue weighted by Crippen LogP contribution is 2.17. The highest BCUT2D eigenvalue weighted by Gasteiger charge is 2.19. The third kappa shape index (κ3) is 3.48. The van der Waals surface area contributed by atoms with E-state index in [1.54, 1.807) is 18.6 Å². The van der Waals surface area contributed by atoms with Crippen LogP contribution in [0.2, 0.25) is 0 Å². The number of nitriles is 1. The molecule has 0 aliphatic carbocycles. The van der Waals surface area contributed by atoms with E-state index >= 15 is 0 Å². The molecule has 23 heavy (non-hydrogen) atoms. The molecule has 0 spiro atoms. The standard InChI is InChI=1S/C16H21N7/c1-13(2)23-16(19-12-20-23)11-21-5-7-22(8-6-21)15-4-3-14(9-17)18-10-15/h3-4,10,12-13H,5-8,11H2,1-2H3. The van der Waals surface area contributed by atoms with Crippen LogP contribution >= 0.6 is 0 Å². The lowest BCUT2D eigenvalue weighted by Gasteiger charge is -2.35. The molecule has 0 atom stereocenters. The van der Waals surface area contributed by atoms with E-state index in [-0.39, 0.29) is 0 Å². The minimum Gasteiger partial charge on any atom is -0.368 e. The fourth-order valence-electron chi connectivity index (χ4n) is 2.82. The molecule has 0 N–H and O–H groups in total. The molecule has 0 radical (unpaired) electrons. The summed E-state index contributed by atoms with van der Waals surface area (Å²) in [6, 6.07) is 6.12. The molecule has 0 saturated carbocycles. The Labute approximate surface area is 136 Å². The van der Waals surface area contributed by atoms with Crippen molar-refractivity contribution in [1.29, 1.82) is 5.26 Å². The van der Waals surface area contributed by atoms with Crippen molar-refractivity contribution in [3.8, 4) is 6.07 Å². The second-order valence-corrected chi connectivity index (χ2v) is 5.99. The van der Waals surface area contributed by atoms with Gasteiger partial charge in [-0.05, 0) is 26.0 Å². The van der Waals surface area contributed by atoms with Crippen molar-refractivity contribution >= 4 is 5.69 Å². The van der Waals surface area contributed by atoms with Gasteiger partial charge in [-0.15, -0.1) is 0 Å². The van der Waals surface area contributed by atoms with Crippen molar-refractivity contribution in [2.45, 2.75) is 26.4 Å². The number of aromatic nitrogens is 4. The largest absolute Gasteiger partial charge is 0.368 e. The fraction of sp³-hybridized carbons (Fsp3) is 0.500. The first kappa shape index (κ1) is 15.4. The highest BCUT2D eigenvalue weighted by molar-refractivity contribution is 5.46. The second kappa shape index (κ2) is 6.75. The SMILES string of the molecule is CC(C)n1ncnc1CN1CCN(c2ccc(C#N)nc2)CC1. The lowest BCUT2D eigenvalue weighted by molar-refractivity contribution is 0.237. The molecule has 3 rings (SSSR count). The van der Waals surface area contributed by atoms with Crippen molar-refractivity contribution in [1.82, 2.24) is 24.6 Å².